The average molecular weight is 167 g/mol. The highest BCUT2D eigenvalue weighted by Crippen LogP contribution is 2.12. The molecule has 0 amide bonds. The summed E-state index contributed by atoms with van der Waals surface area (Å²) in [5.74, 6) is -1.56. The number of carbonyl (C=O) groups is 2. The summed E-state index contributed by atoms with van der Waals surface area (Å²) in [7, 11) is 0. The lowest BCUT2D eigenvalue weighted by Crippen LogP contribution is -2.02. The summed E-state index contributed by atoms with van der Waals surface area (Å²) < 4.78 is 0. The number of carboxylic acid groups (broad SMARTS) is 1. The number of aldehydes is 1. The van der Waals surface area contributed by atoms with Gasteiger partial charge in [0.1, 0.15) is 17.1 Å². The second-order valence-electron chi connectivity index (χ2n) is 2.02. The van der Waals surface area contributed by atoms with Gasteiger partial charge in [-0.2, -0.15) is 0 Å². The van der Waals surface area contributed by atoms with Crippen molar-refractivity contribution in [3.8, 4) is 5.75 Å². The van der Waals surface area contributed by atoms with E-state index >= 15 is 0 Å². The molecule has 0 aliphatic carbocycles. The van der Waals surface area contributed by atoms with Gasteiger partial charge in [-0.15, -0.1) is 0 Å². The van der Waals surface area contributed by atoms with Gasteiger partial charge >= 0.3 is 5.97 Å². The maximum Gasteiger partial charge on any atom is 0.354 e. The van der Waals surface area contributed by atoms with E-state index in [-0.39, 0.29) is 17.1 Å². The number of rotatable bonds is 2. The van der Waals surface area contributed by atoms with Gasteiger partial charge in [-0.3, -0.25) is 4.79 Å². The summed E-state index contributed by atoms with van der Waals surface area (Å²) in [6, 6.07) is 2.23. The van der Waals surface area contributed by atoms with E-state index < -0.39 is 5.97 Å². The quantitative estimate of drug-likeness (QED) is 0.618. The van der Waals surface area contributed by atoms with Crippen molar-refractivity contribution in [3.05, 3.63) is 23.5 Å². The highest BCUT2D eigenvalue weighted by atomic mass is 16.4. The van der Waals surface area contributed by atoms with Crippen LogP contribution in [0.3, 0.4) is 0 Å². The first kappa shape index (κ1) is 8.19. The van der Waals surface area contributed by atoms with Crippen LogP contribution in [-0.2, 0) is 0 Å². The Labute approximate surface area is 67.3 Å². The molecule has 62 valence electrons. The molecule has 12 heavy (non-hydrogen) atoms. The monoisotopic (exact) mass is 167 g/mol. The van der Waals surface area contributed by atoms with E-state index in [2.05, 4.69) is 4.98 Å². The molecule has 0 radical (unpaired) electrons. The third-order valence-corrected chi connectivity index (χ3v) is 1.23. The zero-order valence-electron chi connectivity index (χ0n) is 5.89. The second-order valence-corrected chi connectivity index (χ2v) is 2.02. The summed E-state index contributed by atoms with van der Waals surface area (Å²) in [5.41, 5.74) is -0.537. The Hall–Kier alpha value is -1.91. The number of aromatic nitrogens is 1. The van der Waals surface area contributed by atoms with Crippen LogP contribution in [0.1, 0.15) is 21.0 Å². The Morgan fingerprint density at radius 3 is 2.67 bits per heavy atom. The van der Waals surface area contributed by atoms with E-state index in [9.17, 15) is 9.59 Å². The van der Waals surface area contributed by atoms with Crippen LogP contribution >= 0.6 is 0 Å². The van der Waals surface area contributed by atoms with Gasteiger partial charge in [0.15, 0.2) is 6.29 Å². The summed E-state index contributed by atoms with van der Waals surface area (Å²) in [6.45, 7) is 0. The molecule has 1 heterocycles. The smallest absolute Gasteiger partial charge is 0.354 e. The molecule has 1 aromatic heterocycles. The SMILES string of the molecule is O=Cc1nc(C(=O)O)ccc1O. The van der Waals surface area contributed by atoms with Crippen molar-refractivity contribution < 1.29 is 19.8 Å². The van der Waals surface area contributed by atoms with E-state index in [4.69, 9.17) is 10.2 Å². The number of hydrogen-bond donors (Lipinski definition) is 2. The van der Waals surface area contributed by atoms with Crippen molar-refractivity contribution in [2.24, 2.45) is 0 Å². The standard InChI is InChI=1S/C7H5NO4/c9-3-5-6(10)2-1-4(8-5)7(11)12/h1-3,10H,(H,11,12). The highest BCUT2D eigenvalue weighted by Gasteiger charge is 2.08. The molecule has 0 saturated heterocycles. The summed E-state index contributed by atoms with van der Waals surface area (Å²) in [5, 5.41) is 17.4. The Bertz CT molecular complexity index is 334. The molecule has 0 unspecified atom stereocenters. The molecule has 1 aromatic rings. The Morgan fingerprint density at radius 2 is 2.17 bits per heavy atom. The van der Waals surface area contributed by atoms with Crippen LogP contribution in [0.5, 0.6) is 5.75 Å². The predicted molar refractivity (Wildman–Crippen MR) is 38.2 cm³/mol. The fraction of sp³-hybridized carbons (Fsp3) is 0. The normalized spacial score (nSPS) is 9.33. The largest absolute Gasteiger partial charge is 0.506 e. The number of nitrogens with zero attached hydrogens (tertiary/aromatic N) is 1. The zero-order valence-corrected chi connectivity index (χ0v) is 5.89. The van der Waals surface area contributed by atoms with E-state index in [0.29, 0.717) is 6.29 Å². The summed E-state index contributed by atoms with van der Waals surface area (Å²) in [4.78, 5) is 23.9. The molecule has 2 N–H and O–H groups in total. The van der Waals surface area contributed by atoms with Crippen LogP contribution < -0.4 is 0 Å². The van der Waals surface area contributed by atoms with Crippen molar-refractivity contribution in [3.63, 3.8) is 0 Å². The Morgan fingerprint density at radius 1 is 1.50 bits per heavy atom. The molecule has 0 saturated carbocycles. The van der Waals surface area contributed by atoms with Crippen molar-refractivity contribution in [1.82, 2.24) is 4.98 Å². The van der Waals surface area contributed by atoms with E-state index in [1.54, 1.807) is 0 Å². The van der Waals surface area contributed by atoms with Gasteiger partial charge in [0.05, 0.1) is 0 Å². The highest BCUT2D eigenvalue weighted by molar-refractivity contribution is 5.87. The molecule has 1 rings (SSSR count). The summed E-state index contributed by atoms with van der Waals surface area (Å²) in [6.07, 6.45) is 0.293. The minimum absolute atomic E-state index is 0.269. The number of carboxylic acids is 1. The van der Waals surface area contributed by atoms with Gasteiger partial charge in [-0.1, -0.05) is 0 Å². The lowest BCUT2D eigenvalue weighted by atomic mass is 10.3. The van der Waals surface area contributed by atoms with Gasteiger partial charge in [0.25, 0.3) is 0 Å². The van der Waals surface area contributed by atoms with Gasteiger partial charge in [0.2, 0.25) is 0 Å². The first-order valence-electron chi connectivity index (χ1n) is 3.03. The first-order chi connectivity index (χ1) is 5.65. The molecular formula is C7H5NO4. The van der Waals surface area contributed by atoms with E-state index in [0.717, 1.165) is 12.1 Å². The molecule has 0 aliphatic heterocycles. The topological polar surface area (TPSA) is 87.5 Å². The van der Waals surface area contributed by atoms with Crippen LogP contribution in [0, 0.1) is 0 Å². The van der Waals surface area contributed by atoms with Gasteiger partial charge in [0, 0.05) is 0 Å². The van der Waals surface area contributed by atoms with Gasteiger partial charge in [-0.05, 0) is 12.1 Å². The molecule has 0 bridgehead atoms. The average Bonchev–Trinajstić information content (AvgIpc) is 2.05. The van der Waals surface area contributed by atoms with Crippen LogP contribution in [0.15, 0.2) is 12.1 Å². The third kappa shape index (κ3) is 1.39. The zero-order chi connectivity index (χ0) is 9.14. The van der Waals surface area contributed by atoms with E-state index in [1.807, 2.05) is 0 Å². The lowest BCUT2D eigenvalue weighted by Gasteiger charge is -1.96. The fourth-order valence-corrected chi connectivity index (χ4v) is 0.673. The lowest BCUT2D eigenvalue weighted by molar-refractivity contribution is 0.0690. The van der Waals surface area contributed by atoms with Gasteiger partial charge < -0.3 is 10.2 Å². The summed E-state index contributed by atoms with van der Waals surface area (Å²) >= 11 is 0. The van der Waals surface area contributed by atoms with Crippen molar-refractivity contribution in [1.29, 1.82) is 0 Å². The number of pyridine rings is 1. The van der Waals surface area contributed by atoms with Crippen LogP contribution in [0.4, 0.5) is 0 Å². The number of carbonyl (C=O) groups excluding carboxylic acids is 1. The number of aromatic hydroxyl groups is 1. The van der Waals surface area contributed by atoms with Crippen molar-refractivity contribution in [2.75, 3.05) is 0 Å². The van der Waals surface area contributed by atoms with Crippen molar-refractivity contribution in [2.45, 2.75) is 0 Å². The van der Waals surface area contributed by atoms with E-state index in [1.165, 1.54) is 0 Å². The van der Waals surface area contributed by atoms with Crippen LogP contribution in [0.2, 0.25) is 0 Å². The molecule has 0 spiro atoms. The molecule has 0 atom stereocenters. The van der Waals surface area contributed by atoms with Crippen LogP contribution in [0.25, 0.3) is 0 Å². The fourth-order valence-electron chi connectivity index (χ4n) is 0.673. The molecule has 0 aromatic carbocycles. The maximum absolute atomic E-state index is 10.3. The first-order valence-corrected chi connectivity index (χ1v) is 3.03. The molecule has 5 nitrogen and oxygen atoms in total. The molecule has 0 fully saturated rings. The number of hydrogen-bond acceptors (Lipinski definition) is 4. The third-order valence-electron chi connectivity index (χ3n) is 1.23. The van der Waals surface area contributed by atoms with Gasteiger partial charge in [-0.25, -0.2) is 9.78 Å². The van der Waals surface area contributed by atoms with Crippen LogP contribution in [-0.4, -0.2) is 27.5 Å². The minimum Gasteiger partial charge on any atom is -0.506 e. The molecule has 5 heteroatoms. The van der Waals surface area contributed by atoms with Crippen molar-refractivity contribution >= 4 is 12.3 Å². The Balaban J connectivity index is 3.22. The Kier molecular flexibility index (Phi) is 2.05. The minimum atomic E-state index is -1.24. The second kappa shape index (κ2) is 3.00. The molecule has 0 aliphatic rings. The number of aromatic carboxylic acids is 1. The maximum atomic E-state index is 10.3. The molecular weight excluding hydrogens is 162 g/mol. The predicted octanol–water partition coefficient (Wildman–Crippen LogP) is 0.298.